The largest absolute Gasteiger partial charge is 1.00 e. The minimum Gasteiger partial charge on any atom is -1.00 e. The molecular weight excluding hydrogens is 334 g/mol. The topological polar surface area (TPSA) is 49.8 Å². The van der Waals surface area contributed by atoms with E-state index < -0.39 is 12.1 Å². The van der Waals surface area contributed by atoms with E-state index >= 15 is 0 Å². The van der Waals surface area contributed by atoms with Crippen molar-refractivity contribution >= 4 is 5.97 Å². The smallest absolute Gasteiger partial charge is 0.339 e. The number of halogens is 1. The maximum Gasteiger partial charge on any atom is 0.339 e. The highest BCUT2D eigenvalue weighted by Crippen LogP contribution is 2.35. The second-order valence-electron chi connectivity index (χ2n) is 5.89. The van der Waals surface area contributed by atoms with Gasteiger partial charge in [-0.15, -0.1) is 0 Å². The first-order chi connectivity index (χ1) is 9.65. The van der Waals surface area contributed by atoms with E-state index in [1.807, 2.05) is 18.2 Å². The highest BCUT2D eigenvalue weighted by atomic mass is 79.9. The van der Waals surface area contributed by atoms with Gasteiger partial charge in [0, 0.05) is 12.1 Å². The molecule has 2 aliphatic heterocycles. The Labute approximate surface area is 135 Å². The van der Waals surface area contributed by atoms with E-state index in [1.165, 1.54) is 12.8 Å². The van der Waals surface area contributed by atoms with Gasteiger partial charge in [0.15, 0.2) is 6.10 Å². The first-order valence-corrected chi connectivity index (χ1v) is 7.30. The number of ether oxygens (including phenoxy) is 1. The molecule has 0 saturated carbocycles. The van der Waals surface area contributed by atoms with Gasteiger partial charge in [-0.25, -0.2) is 4.79 Å². The summed E-state index contributed by atoms with van der Waals surface area (Å²) >= 11 is 0. The second kappa shape index (κ2) is 6.90. The predicted octanol–water partition coefficient (Wildman–Crippen LogP) is -1.11. The minimum atomic E-state index is -1.17. The molecule has 0 spiro atoms. The number of carbonyl (C=O) groups is 1. The third kappa shape index (κ3) is 3.47. The van der Waals surface area contributed by atoms with Crippen molar-refractivity contribution in [1.82, 2.24) is 4.90 Å². The van der Waals surface area contributed by atoms with Gasteiger partial charge in [0.25, 0.3) is 0 Å². The summed E-state index contributed by atoms with van der Waals surface area (Å²) in [7, 11) is 2.15. The zero-order valence-corrected chi connectivity index (χ0v) is 13.7. The summed E-state index contributed by atoms with van der Waals surface area (Å²) < 4.78 is 5.52. The maximum absolute atomic E-state index is 12.0. The van der Waals surface area contributed by atoms with Crippen LogP contribution >= 0.6 is 0 Å². The fourth-order valence-corrected chi connectivity index (χ4v) is 3.46. The molecule has 4 atom stereocenters. The molecule has 1 aromatic carbocycles. The highest BCUT2D eigenvalue weighted by Gasteiger charge is 2.40. The third-order valence-corrected chi connectivity index (χ3v) is 4.68. The number of rotatable bonds is 3. The van der Waals surface area contributed by atoms with E-state index in [0.717, 1.165) is 12.8 Å². The number of nitrogens with zero attached hydrogens (tertiary/aromatic N) is 1. The lowest BCUT2D eigenvalue weighted by molar-refractivity contribution is -0.162. The first kappa shape index (κ1) is 16.5. The molecule has 2 heterocycles. The van der Waals surface area contributed by atoms with E-state index in [2.05, 4.69) is 11.9 Å². The Balaban J connectivity index is 0.00000161. The molecule has 0 radical (unpaired) electrons. The van der Waals surface area contributed by atoms with E-state index in [0.29, 0.717) is 17.6 Å². The zero-order valence-electron chi connectivity index (χ0n) is 12.1. The summed E-state index contributed by atoms with van der Waals surface area (Å²) in [5.74, 6) is -0.523. The Morgan fingerprint density at radius 1 is 1.24 bits per heavy atom. The number of aliphatic hydroxyl groups is 1. The van der Waals surface area contributed by atoms with Crippen LogP contribution in [0.1, 0.15) is 37.4 Å². The Morgan fingerprint density at radius 3 is 2.38 bits per heavy atom. The quantitative estimate of drug-likeness (QED) is 0.699. The number of hydrogen-bond acceptors (Lipinski definition) is 4. The summed E-state index contributed by atoms with van der Waals surface area (Å²) in [5.41, 5.74) is 0.591. The molecule has 2 saturated heterocycles. The molecule has 2 bridgehead atoms. The highest BCUT2D eigenvalue weighted by molar-refractivity contribution is 5.76. The molecule has 2 unspecified atom stereocenters. The monoisotopic (exact) mass is 354 g/mol. The molecule has 3 rings (SSSR count). The normalized spacial score (nSPS) is 29.5. The average molecular weight is 355 g/mol. The number of piperidine rings is 1. The molecule has 0 amide bonds. The zero-order chi connectivity index (χ0) is 14.1. The van der Waals surface area contributed by atoms with E-state index in [9.17, 15) is 9.90 Å². The minimum absolute atomic E-state index is 0. The van der Waals surface area contributed by atoms with E-state index in [-0.39, 0.29) is 23.1 Å². The average Bonchev–Trinajstić information content (AvgIpc) is 2.69. The summed E-state index contributed by atoms with van der Waals surface area (Å²) in [6.45, 7) is 0. The van der Waals surface area contributed by atoms with Crippen molar-refractivity contribution < 1.29 is 31.6 Å². The van der Waals surface area contributed by atoms with Crippen molar-refractivity contribution in [2.45, 2.75) is 50.0 Å². The van der Waals surface area contributed by atoms with Gasteiger partial charge in [-0.2, -0.15) is 0 Å². The number of carbonyl (C=O) groups excluding carboxylic acids is 1. The van der Waals surface area contributed by atoms with Gasteiger partial charge in [0.05, 0.1) is 0 Å². The van der Waals surface area contributed by atoms with E-state index in [1.54, 1.807) is 12.1 Å². The number of fused-ring (bicyclic) bond motifs is 2. The van der Waals surface area contributed by atoms with Crippen LogP contribution in [0.4, 0.5) is 0 Å². The van der Waals surface area contributed by atoms with Gasteiger partial charge in [-0.05, 0) is 38.3 Å². The third-order valence-electron chi connectivity index (χ3n) is 4.68. The summed E-state index contributed by atoms with van der Waals surface area (Å²) in [5, 5.41) is 10.0. The number of hydrogen-bond donors (Lipinski definition) is 1. The summed E-state index contributed by atoms with van der Waals surface area (Å²) in [4.78, 5) is 14.4. The molecule has 1 N–H and O–H groups in total. The lowest BCUT2D eigenvalue weighted by Gasteiger charge is -2.36. The summed E-state index contributed by atoms with van der Waals surface area (Å²) in [6.07, 6.45) is 2.94. The van der Waals surface area contributed by atoms with Gasteiger partial charge >= 0.3 is 5.97 Å². The number of benzene rings is 1. The lowest BCUT2D eigenvalue weighted by Crippen LogP contribution is -3.00. The predicted molar refractivity (Wildman–Crippen MR) is 75.1 cm³/mol. The fourth-order valence-electron chi connectivity index (χ4n) is 3.46. The van der Waals surface area contributed by atoms with Crippen molar-refractivity contribution in [3.63, 3.8) is 0 Å². The Hall–Kier alpha value is -0.910. The summed E-state index contributed by atoms with van der Waals surface area (Å²) in [6, 6.07) is 10.0. The van der Waals surface area contributed by atoms with Crippen LogP contribution in [0.5, 0.6) is 0 Å². The maximum atomic E-state index is 12.0. The van der Waals surface area contributed by atoms with Crippen molar-refractivity contribution in [3.05, 3.63) is 35.9 Å². The van der Waals surface area contributed by atoms with Crippen LogP contribution in [-0.2, 0) is 9.53 Å². The number of aliphatic hydroxyl groups excluding tert-OH is 1. The molecule has 21 heavy (non-hydrogen) atoms. The number of esters is 1. The fraction of sp³-hybridized carbons (Fsp3) is 0.562. The Kier molecular flexibility index (Phi) is 5.41. The van der Waals surface area contributed by atoms with Gasteiger partial charge in [0.1, 0.15) is 6.10 Å². The Bertz CT molecular complexity index is 468. The molecule has 5 heteroatoms. The molecule has 1 aromatic rings. The molecule has 116 valence electrons. The van der Waals surface area contributed by atoms with Crippen LogP contribution in [-0.4, -0.2) is 41.2 Å². The van der Waals surface area contributed by atoms with E-state index in [4.69, 9.17) is 4.74 Å². The molecule has 0 aromatic heterocycles. The van der Waals surface area contributed by atoms with Crippen LogP contribution in [0.3, 0.4) is 0 Å². The molecule has 4 nitrogen and oxygen atoms in total. The molecule has 2 aliphatic rings. The standard InChI is InChI=1S/C16H21NO3.BrH/c1-17-12-7-8-13(17)10-14(9-12)20-16(19)15(18)11-5-3-2-4-6-11;/h2-6,12-15,18H,7-10H2,1H3;1H/p-1/t12-,13+,14?,15?;. The first-order valence-electron chi connectivity index (χ1n) is 7.30. The SMILES string of the molecule is CN1[C@@H]2CC[C@H]1CC(OC(=O)C(O)c1ccccc1)C2.[Br-]. The van der Waals surface area contributed by atoms with Gasteiger partial charge < -0.3 is 31.7 Å². The second-order valence-corrected chi connectivity index (χ2v) is 5.89. The van der Waals surface area contributed by atoms with Crippen molar-refractivity contribution in [2.24, 2.45) is 0 Å². The molecule has 2 fully saturated rings. The van der Waals surface area contributed by atoms with Gasteiger partial charge in [-0.3, -0.25) is 0 Å². The van der Waals surface area contributed by atoms with Gasteiger partial charge in [-0.1, -0.05) is 30.3 Å². The van der Waals surface area contributed by atoms with Crippen LogP contribution in [0, 0.1) is 0 Å². The van der Waals surface area contributed by atoms with Crippen LogP contribution in [0.15, 0.2) is 30.3 Å². The Morgan fingerprint density at radius 2 is 1.81 bits per heavy atom. The van der Waals surface area contributed by atoms with Crippen molar-refractivity contribution in [1.29, 1.82) is 0 Å². The van der Waals surface area contributed by atoms with Crippen LogP contribution in [0.2, 0.25) is 0 Å². The van der Waals surface area contributed by atoms with Crippen LogP contribution in [0.25, 0.3) is 0 Å². The lowest BCUT2D eigenvalue weighted by atomic mass is 10.0. The van der Waals surface area contributed by atoms with Crippen molar-refractivity contribution in [2.75, 3.05) is 7.05 Å². The molecular formula is C16H21BrNO3-. The van der Waals surface area contributed by atoms with Crippen molar-refractivity contribution in [3.8, 4) is 0 Å². The molecule has 0 aliphatic carbocycles. The van der Waals surface area contributed by atoms with Gasteiger partial charge in [0.2, 0.25) is 0 Å². The van der Waals surface area contributed by atoms with Crippen LogP contribution < -0.4 is 17.0 Å².